The fraction of sp³-hybridized carbons (Fsp3) is 0.583. The smallest absolute Gasteiger partial charge is 0.310 e. The summed E-state index contributed by atoms with van der Waals surface area (Å²) in [6, 6.07) is 2.02. The first kappa shape index (κ1) is 11.8. The van der Waals surface area contributed by atoms with Gasteiger partial charge in [-0.05, 0) is 24.8 Å². The normalized spacial score (nSPS) is 24.3. The van der Waals surface area contributed by atoms with Crippen LogP contribution in [0, 0.1) is 16.0 Å². The van der Waals surface area contributed by atoms with Gasteiger partial charge in [0.15, 0.2) is 0 Å². The SMILES string of the molecule is CC1CCCCC1Nc1ccncc1[N+](=O)[O-]. The van der Waals surface area contributed by atoms with Crippen LogP contribution in [0.4, 0.5) is 11.4 Å². The van der Waals surface area contributed by atoms with E-state index in [4.69, 9.17) is 0 Å². The molecule has 5 nitrogen and oxygen atoms in total. The predicted molar refractivity (Wildman–Crippen MR) is 65.9 cm³/mol. The monoisotopic (exact) mass is 235 g/mol. The number of hydrogen-bond donors (Lipinski definition) is 1. The molecule has 2 rings (SSSR count). The molecule has 92 valence electrons. The molecule has 0 aromatic carbocycles. The van der Waals surface area contributed by atoms with Crippen molar-refractivity contribution in [1.29, 1.82) is 0 Å². The molecule has 1 saturated carbocycles. The Bertz CT molecular complexity index is 408. The number of nitrogens with one attached hydrogen (secondary N) is 1. The number of pyridine rings is 1. The van der Waals surface area contributed by atoms with Crippen LogP contribution in [0.2, 0.25) is 0 Å². The van der Waals surface area contributed by atoms with Crippen LogP contribution in [-0.2, 0) is 0 Å². The second-order valence-corrected chi connectivity index (χ2v) is 4.66. The first-order chi connectivity index (χ1) is 8.18. The van der Waals surface area contributed by atoms with Crippen LogP contribution in [0.25, 0.3) is 0 Å². The van der Waals surface area contributed by atoms with Crippen LogP contribution in [0.5, 0.6) is 0 Å². The highest BCUT2D eigenvalue weighted by Gasteiger charge is 2.23. The van der Waals surface area contributed by atoms with Crippen molar-refractivity contribution in [2.45, 2.75) is 38.6 Å². The Kier molecular flexibility index (Phi) is 3.56. The summed E-state index contributed by atoms with van der Waals surface area (Å²) in [5, 5.41) is 14.2. The molecule has 0 bridgehead atoms. The molecule has 0 radical (unpaired) electrons. The third-order valence-corrected chi connectivity index (χ3v) is 3.45. The van der Waals surface area contributed by atoms with Gasteiger partial charge in [0, 0.05) is 12.2 Å². The highest BCUT2D eigenvalue weighted by molar-refractivity contribution is 5.60. The Labute approximate surface area is 100 Å². The molecular formula is C12H17N3O2. The van der Waals surface area contributed by atoms with Gasteiger partial charge in [-0.3, -0.25) is 15.1 Å². The molecule has 1 aliphatic rings. The maximum Gasteiger partial charge on any atom is 0.310 e. The number of aromatic nitrogens is 1. The van der Waals surface area contributed by atoms with E-state index in [1.165, 1.54) is 25.5 Å². The fourth-order valence-electron chi connectivity index (χ4n) is 2.38. The molecule has 1 aromatic rings. The van der Waals surface area contributed by atoms with Crippen molar-refractivity contribution in [3.05, 3.63) is 28.6 Å². The van der Waals surface area contributed by atoms with Gasteiger partial charge >= 0.3 is 5.69 Å². The second-order valence-electron chi connectivity index (χ2n) is 4.66. The molecule has 17 heavy (non-hydrogen) atoms. The van der Waals surface area contributed by atoms with Crippen molar-refractivity contribution in [3.8, 4) is 0 Å². The van der Waals surface area contributed by atoms with E-state index in [0.29, 0.717) is 17.6 Å². The lowest BCUT2D eigenvalue weighted by molar-refractivity contribution is -0.384. The first-order valence-electron chi connectivity index (χ1n) is 6.03. The second kappa shape index (κ2) is 5.12. The van der Waals surface area contributed by atoms with Crippen LogP contribution >= 0.6 is 0 Å². The standard InChI is InChI=1S/C12H17N3O2/c1-9-4-2-3-5-10(9)14-11-6-7-13-8-12(11)15(16)17/h6-10H,2-5H2,1H3,(H,13,14). The molecule has 2 atom stereocenters. The summed E-state index contributed by atoms with van der Waals surface area (Å²) < 4.78 is 0. The zero-order chi connectivity index (χ0) is 12.3. The van der Waals surface area contributed by atoms with Gasteiger partial charge in [0.1, 0.15) is 11.9 Å². The summed E-state index contributed by atoms with van der Waals surface area (Å²) in [4.78, 5) is 14.3. The molecule has 2 unspecified atom stereocenters. The Morgan fingerprint density at radius 3 is 2.94 bits per heavy atom. The van der Waals surface area contributed by atoms with E-state index in [0.717, 1.165) is 6.42 Å². The van der Waals surface area contributed by atoms with Crippen LogP contribution in [0.15, 0.2) is 18.5 Å². The summed E-state index contributed by atoms with van der Waals surface area (Å²) in [6.07, 6.45) is 7.62. The molecule has 1 heterocycles. The molecule has 1 aromatic heterocycles. The van der Waals surface area contributed by atoms with Gasteiger partial charge in [0.25, 0.3) is 0 Å². The number of rotatable bonds is 3. The number of nitrogens with zero attached hydrogens (tertiary/aromatic N) is 2. The summed E-state index contributed by atoms with van der Waals surface area (Å²) in [5.41, 5.74) is 0.647. The first-order valence-corrected chi connectivity index (χ1v) is 6.03. The van der Waals surface area contributed by atoms with Crippen molar-refractivity contribution in [2.75, 3.05) is 5.32 Å². The minimum Gasteiger partial charge on any atom is -0.376 e. The van der Waals surface area contributed by atoms with Gasteiger partial charge in [-0.15, -0.1) is 0 Å². The fourth-order valence-corrected chi connectivity index (χ4v) is 2.38. The van der Waals surface area contributed by atoms with Crippen LogP contribution in [0.3, 0.4) is 0 Å². The molecule has 1 aliphatic carbocycles. The van der Waals surface area contributed by atoms with Crippen LogP contribution < -0.4 is 5.32 Å². The van der Waals surface area contributed by atoms with Crippen LogP contribution in [0.1, 0.15) is 32.6 Å². The average molecular weight is 235 g/mol. The van der Waals surface area contributed by atoms with Gasteiger partial charge in [0.2, 0.25) is 0 Å². The molecular weight excluding hydrogens is 218 g/mol. The minimum atomic E-state index is -0.386. The van der Waals surface area contributed by atoms with Crippen molar-refractivity contribution in [1.82, 2.24) is 4.98 Å². The molecule has 1 N–H and O–H groups in total. The van der Waals surface area contributed by atoms with E-state index in [-0.39, 0.29) is 10.6 Å². The molecule has 5 heteroatoms. The summed E-state index contributed by atoms with van der Waals surface area (Å²) in [6.45, 7) is 2.20. The van der Waals surface area contributed by atoms with E-state index >= 15 is 0 Å². The largest absolute Gasteiger partial charge is 0.376 e. The molecule has 1 fully saturated rings. The third kappa shape index (κ3) is 2.72. The maximum absolute atomic E-state index is 10.9. The van der Waals surface area contributed by atoms with E-state index in [2.05, 4.69) is 17.2 Å². The summed E-state index contributed by atoms with van der Waals surface area (Å²) in [7, 11) is 0. The Balaban J connectivity index is 2.14. The Hall–Kier alpha value is -1.65. The average Bonchev–Trinajstić information content (AvgIpc) is 2.32. The van der Waals surface area contributed by atoms with E-state index in [1.807, 2.05) is 0 Å². The number of anilines is 1. The highest BCUT2D eigenvalue weighted by atomic mass is 16.6. The lowest BCUT2D eigenvalue weighted by atomic mass is 9.86. The molecule has 0 aliphatic heterocycles. The maximum atomic E-state index is 10.9. The van der Waals surface area contributed by atoms with Crippen molar-refractivity contribution in [3.63, 3.8) is 0 Å². The van der Waals surface area contributed by atoms with Gasteiger partial charge in [0.05, 0.1) is 4.92 Å². The topological polar surface area (TPSA) is 68.1 Å². The van der Waals surface area contributed by atoms with Crippen molar-refractivity contribution in [2.24, 2.45) is 5.92 Å². The summed E-state index contributed by atoms with van der Waals surface area (Å²) >= 11 is 0. The highest BCUT2D eigenvalue weighted by Crippen LogP contribution is 2.30. The third-order valence-electron chi connectivity index (χ3n) is 3.45. The quantitative estimate of drug-likeness (QED) is 0.646. The number of hydrogen-bond acceptors (Lipinski definition) is 4. The van der Waals surface area contributed by atoms with Gasteiger partial charge < -0.3 is 5.32 Å². The predicted octanol–water partition coefficient (Wildman–Crippen LogP) is 2.98. The van der Waals surface area contributed by atoms with Gasteiger partial charge in [-0.25, -0.2) is 0 Å². The van der Waals surface area contributed by atoms with Crippen LogP contribution in [-0.4, -0.2) is 15.9 Å². The molecule has 0 amide bonds. The Morgan fingerprint density at radius 1 is 1.47 bits per heavy atom. The number of nitro groups is 1. The van der Waals surface area contributed by atoms with Gasteiger partial charge in [-0.2, -0.15) is 0 Å². The molecule has 0 saturated heterocycles. The van der Waals surface area contributed by atoms with E-state index in [9.17, 15) is 10.1 Å². The zero-order valence-electron chi connectivity index (χ0n) is 9.93. The zero-order valence-corrected chi connectivity index (χ0v) is 9.93. The van der Waals surface area contributed by atoms with Gasteiger partial charge in [-0.1, -0.05) is 19.8 Å². The van der Waals surface area contributed by atoms with E-state index < -0.39 is 0 Å². The van der Waals surface area contributed by atoms with Crippen molar-refractivity contribution < 1.29 is 4.92 Å². The lowest BCUT2D eigenvalue weighted by Gasteiger charge is -2.30. The minimum absolute atomic E-state index is 0.0604. The Morgan fingerprint density at radius 2 is 2.24 bits per heavy atom. The van der Waals surface area contributed by atoms with Crippen molar-refractivity contribution >= 4 is 11.4 Å². The lowest BCUT2D eigenvalue weighted by Crippen LogP contribution is -2.30. The molecule has 0 spiro atoms. The summed E-state index contributed by atoms with van der Waals surface area (Å²) in [5.74, 6) is 0.566. The van der Waals surface area contributed by atoms with E-state index in [1.54, 1.807) is 12.3 Å².